The van der Waals surface area contributed by atoms with E-state index in [9.17, 15) is 4.79 Å². The van der Waals surface area contributed by atoms with E-state index in [1.54, 1.807) is 24.3 Å². The topological polar surface area (TPSA) is 73.4 Å². The SMILES string of the molecule is CCOc1ccc(CN(C)C(=O)CSc2nnc(-c3ccco3)n2C)cc1. The van der Waals surface area contributed by atoms with Crippen molar-refractivity contribution >= 4 is 17.7 Å². The van der Waals surface area contributed by atoms with Crippen LogP contribution in [0.3, 0.4) is 0 Å². The molecule has 8 heteroatoms. The molecule has 27 heavy (non-hydrogen) atoms. The standard InChI is InChI=1S/C19H22N4O3S/c1-4-25-15-9-7-14(8-10-15)12-22(2)17(24)13-27-19-21-20-18(23(19)3)16-6-5-11-26-16/h5-11H,4,12-13H2,1-3H3. The van der Waals surface area contributed by atoms with Gasteiger partial charge < -0.3 is 18.6 Å². The molecule has 0 aliphatic carbocycles. The van der Waals surface area contributed by atoms with Gasteiger partial charge in [0.1, 0.15) is 5.75 Å². The van der Waals surface area contributed by atoms with Crippen molar-refractivity contribution in [2.75, 3.05) is 19.4 Å². The van der Waals surface area contributed by atoms with Gasteiger partial charge >= 0.3 is 0 Å². The van der Waals surface area contributed by atoms with E-state index in [1.807, 2.05) is 48.9 Å². The summed E-state index contributed by atoms with van der Waals surface area (Å²) in [5, 5.41) is 8.95. The predicted molar refractivity (Wildman–Crippen MR) is 104 cm³/mol. The van der Waals surface area contributed by atoms with E-state index in [1.165, 1.54) is 11.8 Å². The molecule has 0 aliphatic rings. The Bertz CT molecular complexity index is 875. The average molecular weight is 386 g/mol. The molecule has 2 aromatic heterocycles. The van der Waals surface area contributed by atoms with Gasteiger partial charge in [-0.05, 0) is 36.8 Å². The van der Waals surface area contributed by atoms with Crippen molar-refractivity contribution in [1.29, 1.82) is 0 Å². The fourth-order valence-electron chi connectivity index (χ4n) is 2.52. The van der Waals surface area contributed by atoms with Crippen LogP contribution in [0.5, 0.6) is 5.75 Å². The summed E-state index contributed by atoms with van der Waals surface area (Å²) in [6, 6.07) is 11.4. The second-order valence-corrected chi connectivity index (χ2v) is 6.90. The molecule has 0 unspecified atom stereocenters. The molecular formula is C19H22N4O3S. The molecule has 0 aliphatic heterocycles. The zero-order valence-electron chi connectivity index (χ0n) is 15.6. The highest BCUT2D eigenvalue weighted by Crippen LogP contribution is 2.23. The largest absolute Gasteiger partial charge is 0.494 e. The van der Waals surface area contributed by atoms with E-state index in [2.05, 4.69) is 10.2 Å². The molecule has 0 saturated heterocycles. The number of carbonyl (C=O) groups is 1. The lowest BCUT2D eigenvalue weighted by Gasteiger charge is -2.17. The molecule has 142 valence electrons. The van der Waals surface area contributed by atoms with Crippen molar-refractivity contribution in [2.24, 2.45) is 7.05 Å². The van der Waals surface area contributed by atoms with E-state index in [-0.39, 0.29) is 11.7 Å². The zero-order chi connectivity index (χ0) is 19.2. The Balaban J connectivity index is 1.54. The summed E-state index contributed by atoms with van der Waals surface area (Å²) < 4.78 is 12.6. The molecule has 0 spiro atoms. The first kappa shape index (κ1) is 19.0. The third-order valence-electron chi connectivity index (χ3n) is 3.98. The number of carbonyl (C=O) groups excluding carboxylic acids is 1. The van der Waals surface area contributed by atoms with E-state index >= 15 is 0 Å². The lowest BCUT2D eigenvalue weighted by atomic mass is 10.2. The van der Waals surface area contributed by atoms with Gasteiger partial charge in [0.05, 0.1) is 18.6 Å². The molecule has 3 rings (SSSR count). The van der Waals surface area contributed by atoms with Gasteiger partial charge in [-0.1, -0.05) is 23.9 Å². The van der Waals surface area contributed by atoms with Crippen LogP contribution in [0, 0.1) is 0 Å². The zero-order valence-corrected chi connectivity index (χ0v) is 16.4. The minimum Gasteiger partial charge on any atom is -0.494 e. The number of hydrogen-bond acceptors (Lipinski definition) is 6. The fraction of sp³-hybridized carbons (Fsp3) is 0.316. The summed E-state index contributed by atoms with van der Waals surface area (Å²) in [4.78, 5) is 14.1. The maximum Gasteiger partial charge on any atom is 0.233 e. The molecular weight excluding hydrogens is 364 g/mol. The molecule has 2 heterocycles. The Labute approximate surface area is 162 Å². The number of nitrogens with zero attached hydrogens (tertiary/aromatic N) is 4. The Morgan fingerprint density at radius 2 is 2.04 bits per heavy atom. The van der Waals surface area contributed by atoms with E-state index in [4.69, 9.17) is 9.15 Å². The monoisotopic (exact) mass is 386 g/mol. The van der Waals surface area contributed by atoms with Gasteiger partial charge in [-0.2, -0.15) is 0 Å². The number of hydrogen-bond donors (Lipinski definition) is 0. The first-order valence-corrected chi connectivity index (χ1v) is 9.58. The Kier molecular flexibility index (Phi) is 6.18. The van der Waals surface area contributed by atoms with Crippen molar-refractivity contribution in [3.8, 4) is 17.3 Å². The van der Waals surface area contributed by atoms with E-state index < -0.39 is 0 Å². The fourth-order valence-corrected chi connectivity index (χ4v) is 3.37. The van der Waals surface area contributed by atoms with Crippen LogP contribution in [-0.2, 0) is 18.4 Å². The van der Waals surface area contributed by atoms with Crippen LogP contribution in [0.15, 0.2) is 52.2 Å². The molecule has 0 fully saturated rings. The number of ether oxygens (including phenoxy) is 1. The molecule has 7 nitrogen and oxygen atoms in total. The Morgan fingerprint density at radius 1 is 1.26 bits per heavy atom. The van der Waals surface area contributed by atoms with Gasteiger partial charge in [-0.25, -0.2) is 0 Å². The number of rotatable bonds is 8. The molecule has 0 saturated carbocycles. The highest BCUT2D eigenvalue weighted by Gasteiger charge is 2.16. The molecule has 1 amide bonds. The van der Waals surface area contributed by atoms with Crippen molar-refractivity contribution in [3.63, 3.8) is 0 Å². The summed E-state index contributed by atoms with van der Waals surface area (Å²) in [7, 11) is 3.65. The second kappa shape index (κ2) is 8.77. The molecule has 0 atom stereocenters. The van der Waals surface area contributed by atoms with Crippen molar-refractivity contribution in [3.05, 3.63) is 48.2 Å². The van der Waals surface area contributed by atoms with Crippen LogP contribution in [0.1, 0.15) is 12.5 Å². The van der Waals surface area contributed by atoms with Crippen LogP contribution >= 0.6 is 11.8 Å². The lowest BCUT2D eigenvalue weighted by Crippen LogP contribution is -2.27. The summed E-state index contributed by atoms with van der Waals surface area (Å²) in [5.41, 5.74) is 1.05. The molecule has 3 aromatic rings. The van der Waals surface area contributed by atoms with Crippen LogP contribution in [0.4, 0.5) is 0 Å². The lowest BCUT2D eigenvalue weighted by molar-refractivity contribution is -0.127. The van der Waals surface area contributed by atoms with Crippen LogP contribution < -0.4 is 4.74 Å². The second-order valence-electron chi connectivity index (χ2n) is 5.96. The smallest absolute Gasteiger partial charge is 0.233 e. The average Bonchev–Trinajstić information content (AvgIpc) is 3.31. The van der Waals surface area contributed by atoms with E-state index in [0.717, 1.165) is 11.3 Å². The van der Waals surface area contributed by atoms with Crippen LogP contribution in [-0.4, -0.2) is 45.0 Å². The maximum atomic E-state index is 12.4. The highest BCUT2D eigenvalue weighted by molar-refractivity contribution is 7.99. The first-order chi connectivity index (χ1) is 13.1. The van der Waals surface area contributed by atoms with Crippen molar-refractivity contribution in [2.45, 2.75) is 18.6 Å². The molecule has 0 N–H and O–H groups in total. The normalized spacial score (nSPS) is 10.8. The van der Waals surface area contributed by atoms with Gasteiger partial charge in [-0.15, -0.1) is 10.2 Å². The highest BCUT2D eigenvalue weighted by atomic mass is 32.2. The molecule has 1 aromatic carbocycles. The van der Waals surface area contributed by atoms with Crippen LogP contribution in [0.25, 0.3) is 11.6 Å². The minimum absolute atomic E-state index is 0.0245. The summed E-state index contributed by atoms with van der Waals surface area (Å²) in [5.74, 6) is 2.43. The third-order valence-corrected chi connectivity index (χ3v) is 4.99. The number of benzene rings is 1. The Hall–Kier alpha value is -2.74. The van der Waals surface area contributed by atoms with E-state index in [0.29, 0.717) is 29.9 Å². The quantitative estimate of drug-likeness (QED) is 0.554. The van der Waals surface area contributed by atoms with Gasteiger partial charge in [0, 0.05) is 20.6 Å². The molecule has 0 bridgehead atoms. The van der Waals surface area contributed by atoms with Crippen molar-refractivity contribution in [1.82, 2.24) is 19.7 Å². The predicted octanol–water partition coefficient (Wildman–Crippen LogP) is 3.22. The van der Waals surface area contributed by atoms with Gasteiger partial charge in [0.2, 0.25) is 5.91 Å². The third kappa shape index (κ3) is 4.71. The van der Waals surface area contributed by atoms with Crippen molar-refractivity contribution < 1.29 is 13.9 Å². The summed E-state index contributed by atoms with van der Waals surface area (Å²) >= 11 is 1.36. The first-order valence-electron chi connectivity index (χ1n) is 8.60. The number of furan rings is 1. The Morgan fingerprint density at radius 3 is 2.70 bits per heavy atom. The summed E-state index contributed by atoms with van der Waals surface area (Å²) in [6.07, 6.45) is 1.59. The molecule has 0 radical (unpaired) electrons. The maximum absolute atomic E-state index is 12.4. The number of thioether (sulfide) groups is 1. The van der Waals surface area contributed by atoms with Gasteiger partial charge in [-0.3, -0.25) is 4.79 Å². The van der Waals surface area contributed by atoms with Crippen LogP contribution in [0.2, 0.25) is 0 Å². The summed E-state index contributed by atoms with van der Waals surface area (Å²) in [6.45, 7) is 3.13. The van der Waals surface area contributed by atoms with Gasteiger partial charge in [0.25, 0.3) is 0 Å². The minimum atomic E-state index is 0.0245. The van der Waals surface area contributed by atoms with Gasteiger partial charge in [0.15, 0.2) is 16.7 Å². The number of amides is 1. The number of aromatic nitrogens is 3.